The standard InChI is InChI=1S/C38H36N10O5S3/c39-48-37(43-45-46-48)56-21-23-20-54-34-30(33(50)47(34)31(23)35(51)52)41-32(49)29(44-53-27-18-10-11-19-27)28-22-55-36(40-28)42-38(24-12-4-1-5-13-24,25-14-6-2-7-15-25)26-16-8-3-9-17-26/h1-9,12-17,22,27,30,34H,10-11,18-21,39H2,(H,40,42)(H,41,49)(H,51,52)/b44-29+/t30-,34-/m1/s1. The van der Waals surface area contributed by atoms with E-state index in [1.807, 2.05) is 54.6 Å². The second kappa shape index (κ2) is 16.2. The van der Waals surface area contributed by atoms with Crippen LogP contribution in [0.2, 0.25) is 0 Å². The number of β-lactam (4-membered cyclic amide) rings is 1. The van der Waals surface area contributed by atoms with Crippen molar-refractivity contribution in [3.8, 4) is 0 Å². The summed E-state index contributed by atoms with van der Waals surface area (Å²) in [6.07, 6.45) is 3.49. The third-order valence-corrected chi connectivity index (χ3v) is 13.0. The molecule has 3 aliphatic rings. The molecule has 1 aliphatic carbocycles. The smallest absolute Gasteiger partial charge is 0.352 e. The highest BCUT2D eigenvalue weighted by Crippen LogP contribution is 2.43. The van der Waals surface area contributed by atoms with E-state index in [-0.39, 0.29) is 29.0 Å². The summed E-state index contributed by atoms with van der Waals surface area (Å²) < 4.78 is 0. The Morgan fingerprint density at radius 1 is 0.982 bits per heavy atom. The van der Waals surface area contributed by atoms with E-state index in [4.69, 9.17) is 15.7 Å². The van der Waals surface area contributed by atoms with Crippen molar-refractivity contribution in [3.63, 3.8) is 0 Å². The summed E-state index contributed by atoms with van der Waals surface area (Å²) in [5.74, 6) is 3.77. The number of nitrogen functional groups attached to an aromatic ring is 1. The normalized spacial score (nSPS) is 18.7. The fourth-order valence-electron chi connectivity index (χ4n) is 7.14. The van der Waals surface area contributed by atoms with Gasteiger partial charge >= 0.3 is 5.97 Å². The van der Waals surface area contributed by atoms with E-state index >= 15 is 0 Å². The Bertz CT molecular complexity index is 2180. The van der Waals surface area contributed by atoms with Crippen LogP contribution in [-0.4, -0.2) is 87.8 Å². The van der Waals surface area contributed by atoms with Crippen molar-refractivity contribution in [1.29, 1.82) is 0 Å². The summed E-state index contributed by atoms with van der Waals surface area (Å²) in [6.45, 7) is 0. The molecule has 0 unspecified atom stereocenters. The Hall–Kier alpha value is -5.72. The number of carboxylic acids is 1. The fourth-order valence-corrected chi connectivity index (χ4v) is 10.2. The minimum Gasteiger partial charge on any atom is -0.477 e. The van der Waals surface area contributed by atoms with Crippen LogP contribution in [0.25, 0.3) is 0 Å². The van der Waals surface area contributed by atoms with Crippen molar-refractivity contribution in [2.24, 2.45) is 5.16 Å². The summed E-state index contributed by atoms with van der Waals surface area (Å²) in [4.78, 5) is 53.3. The second-order valence-electron chi connectivity index (χ2n) is 13.3. The average molecular weight is 809 g/mol. The first kappa shape index (κ1) is 37.2. The molecule has 2 fully saturated rings. The van der Waals surface area contributed by atoms with Crippen LogP contribution >= 0.6 is 34.9 Å². The SMILES string of the molecule is Nn1nnnc1SCC1=C(C(=O)O)N2C(=O)[C@@H](NC(=O)/C(=N/OC3CCCC3)c3csc(NC(c4ccccc4)(c4ccccc4)c4ccccc4)n3)[C@H]2SC1. The molecule has 286 valence electrons. The van der Waals surface area contributed by atoms with Gasteiger partial charge in [-0.15, -0.1) is 27.9 Å². The first-order valence-electron chi connectivity index (χ1n) is 17.8. The van der Waals surface area contributed by atoms with Crippen LogP contribution in [0.3, 0.4) is 0 Å². The first-order valence-corrected chi connectivity index (χ1v) is 20.8. The number of thiazole rings is 1. The topological polar surface area (TPSA) is 203 Å². The predicted molar refractivity (Wildman–Crippen MR) is 213 cm³/mol. The van der Waals surface area contributed by atoms with Crippen molar-refractivity contribution >= 4 is 63.5 Å². The maximum atomic E-state index is 14.2. The van der Waals surface area contributed by atoms with Crippen molar-refractivity contribution in [3.05, 3.63) is 130 Å². The monoisotopic (exact) mass is 808 g/mol. The lowest BCUT2D eigenvalue weighted by molar-refractivity contribution is -0.150. The van der Waals surface area contributed by atoms with E-state index in [0.717, 1.165) is 58.9 Å². The first-order chi connectivity index (χ1) is 27.3. The van der Waals surface area contributed by atoms with Crippen molar-refractivity contribution < 1.29 is 24.3 Å². The summed E-state index contributed by atoms with van der Waals surface area (Å²) in [5, 5.41) is 33.9. The van der Waals surface area contributed by atoms with E-state index < -0.39 is 34.7 Å². The number of benzene rings is 3. The molecule has 0 spiro atoms. The number of amides is 2. The number of aromatic nitrogens is 5. The summed E-state index contributed by atoms with van der Waals surface area (Å²) >= 11 is 3.83. The number of nitrogens with one attached hydrogen (secondary N) is 2. The second-order valence-corrected chi connectivity index (χ2v) is 16.2. The zero-order valence-corrected chi connectivity index (χ0v) is 32.2. The number of anilines is 1. The lowest BCUT2D eigenvalue weighted by Crippen LogP contribution is -2.71. The molecule has 15 nitrogen and oxygen atoms in total. The number of thioether (sulfide) groups is 2. The van der Waals surface area contributed by atoms with E-state index in [1.165, 1.54) is 28.0 Å². The molecule has 5 N–H and O–H groups in total. The van der Waals surface area contributed by atoms with E-state index in [1.54, 1.807) is 5.38 Å². The van der Waals surface area contributed by atoms with Crippen molar-refractivity contribution in [1.82, 2.24) is 35.5 Å². The molecule has 2 aliphatic heterocycles. The number of carbonyl (C=O) groups is 3. The van der Waals surface area contributed by atoms with Gasteiger partial charge in [0.05, 0.1) is 0 Å². The lowest BCUT2D eigenvalue weighted by Gasteiger charge is -2.49. The van der Waals surface area contributed by atoms with Gasteiger partial charge in [-0.05, 0) is 58.4 Å². The van der Waals surface area contributed by atoms with Crippen LogP contribution < -0.4 is 16.5 Å². The van der Waals surface area contributed by atoms with Crippen LogP contribution in [-0.2, 0) is 24.8 Å². The molecule has 1 saturated carbocycles. The van der Waals surface area contributed by atoms with E-state index in [9.17, 15) is 19.5 Å². The van der Waals surface area contributed by atoms with E-state index in [0.29, 0.717) is 21.6 Å². The number of carbonyl (C=O) groups excluding carboxylic acids is 2. The lowest BCUT2D eigenvalue weighted by atomic mass is 9.77. The predicted octanol–water partition coefficient (Wildman–Crippen LogP) is 4.44. The number of tetrazole rings is 1. The molecule has 2 amide bonds. The number of rotatable bonds is 14. The molecular formula is C38H36N10O5S3. The molecule has 2 atom stereocenters. The van der Waals surface area contributed by atoms with Crippen LogP contribution in [0.1, 0.15) is 48.1 Å². The summed E-state index contributed by atoms with van der Waals surface area (Å²) in [6, 6.07) is 29.3. The zero-order chi connectivity index (χ0) is 38.6. The Morgan fingerprint density at radius 2 is 1.61 bits per heavy atom. The van der Waals surface area contributed by atoms with Gasteiger partial charge in [-0.3, -0.25) is 14.5 Å². The van der Waals surface area contributed by atoms with Crippen LogP contribution in [0.4, 0.5) is 5.13 Å². The molecule has 4 heterocycles. The maximum Gasteiger partial charge on any atom is 0.352 e. The molecule has 0 bridgehead atoms. The van der Waals surface area contributed by atoms with Crippen molar-refractivity contribution in [2.45, 2.75) is 53.9 Å². The highest BCUT2D eigenvalue weighted by Gasteiger charge is 2.54. The van der Waals surface area contributed by atoms with Gasteiger partial charge in [0.25, 0.3) is 11.8 Å². The minimum atomic E-state index is -1.25. The van der Waals surface area contributed by atoms with Crippen LogP contribution in [0.5, 0.6) is 0 Å². The van der Waals surface area contributed by atoms with Gasteiger partial charge in [0.15, 0.2) is 10.8 Å². The quantitative estimate of drug-likeness (QED) is 0.0307. The molecule has 8 rings (SSSR count). The molecule has 56 heavy (non-hydrogen) atoms. The van der Waals surface area contributed by atoms with E-state index in [2.05, 4.69) is 67.7 Å². The number of hydrogen-bond acceptors (Lipinski definition) is 14. The highest BCUT2D eigenvalue weighted by molar-refractivity contribution is 8.01. The fraction of sp³-hybridized carbons (Fsp3) is 0.263. The number of fused-ring (bicyclic) bond motifs is 1. The Kier molecular flexibility index (Phi) is 10.7. The van der Waals surface area contributed by atoms with Crippen LogP contribution in [0.15, 0.2) is 118 Å². The third kappa shape index (κ3) is 7.22. The van der Waals surface area contributed by atoms with Gasteiger partial charge in [-0.1, -0.05) is 113 Å². The summed E-state index contributed by atoms with van der Waals surface area (Å²) in [7, 11) is 0. The molecule has 2 aromatic heterocycles. The molecule has 3 aromatic carbocycles. The minimum absolute atomic E-state index is 0.0800. The van der Waals surface area contributed by atoms with Crippen LogP contribution in [0, 0.1) is 0 Å². The number of aliphatic carboxylic acids is 1. The third-order valence-electron chi connectivity index (χ3n) is 9.85. The van der Waals surface area contributed by atoms with Crippen molar-refractivity contribution in [2.75, 3.05) is 22.7 Å². The zero-order valence-electron chi connectivity index (χ0n) is 29.7. The van der Waals surface area contributed by atoms with Gasteiger partial charge in [-0.2, -0.15) is 0 Å². The number of nitrogens with zero attached hydrogens (tertiary/aromatic N) is 7. The molecule has 0 radical (unpaired) electrons. The molecule has 18 heteroatoms. The van der Waals surface area contributed by atoms with Gasteiger partial charge in [0.2, 0.25) is 5.16 Å². The molecule has 5 aromatic rings. The van der Waals surface area contributed by atoms with Gasteiger partial charge in [0, 0.05) is 16.9 Å². The number of carboxylic acid groups (broad SMARTS) is 1. The van der Waals surface area contributed by atoms with Gasteiger partial charge in [-0.25, -0.2) is 9.78 Å². The number of nitrogens with two attached hydrogens (primary N) is 1. The van der Waals surface area contributed by atoms with Gasteiger partial charge in [0.1, 0.15) is 34.4 Å². The maximum absolute atomic E-state index is 14.2. The highest BCUT2D eigenvalue weighted by atomic mass is 32.2. The average Bonchev–Trinajstić information content (AvgIpc) is 4.02. The largest absolute Gasteiger partial charge is 0.477 e. The molecular weight excluding hydrogens is 773 g/mol. The summed E-state index contributed by atoms with van der Waals surface area (Å²) in [5.41, 5.74) is 2.67. The molecule has 1 saturated heterocycles. The Labute approximate surface area is 333 Å². The Morgan fingerprint density at radius 3 is 2.18 bits per heavy atom. The Balaban J connectivity index is 1.07. The number of hydrogen-bond donors (Lipinski definition) is 4. The number of oxime groups is 1. The van der Waals surface area contributed by atoms with Gasteiger partial charge < -0.3 is 26.4 Å².